The molecule has 0 saturated carbocycles. The van der Waals surface area contributed by atoms with Crippen LogP contribution >= 0.6 is 0 Å². The van der Waals surface area contributed by atoms with Gasteiger partial charge >= 0.3 is 12.1 Å². The molecule has 2 N–H and O–H groups in total. The van der Waals surface area contributed by atoms with Crippen molar-refractivity contribution >= 4 is 18.0 Å². The molecule has 2 aliphatic rings. The molecule has 8 nitrogen and oxygen atoms in total. The average molecular weight is 481 g/mol. The molecule has 1 aliphatic heterocycles. The highest BCUT2D eigenvalue weighted by Crippen LogP contribution is 2.44. The van der Waals surface area contributed by atoms with Crippen molar-refractivity contribution in [3.63, 3.8) is 0 Å². The van der Waals surface area contributed by atoms with Gasteiger partial charge in [0.05, 0.1) is 5.92 Å². The summed E-state index contributed by atoms with van der Waals surface area (Å²) in [6.45, 7) is 2.63. The third-order valence-electron chi connectivity index (χ3n) is 7.05. The van der Waals surface area contributed by atoms with Gasteiger partial charge in [-0.1, -0.05) is 48.5 Å². The van der Waals surface area contributed by atoms with E-state index in [0.717, 1.165) is 22.3 Å². The summed E-state index contributed by atoms with van der Waals surface area (Å²) in [5, 5.41) is 12.0. The van der Waals surface area contributed by atoms with E-state index in [2.05, 4.69) is 17.4 Å². The van der Waals surface area contributed by atoms with Crippen molar-refractivity contribution < 1.29 is 29.0 Å². The monoisotopic (exact) mass is 480 g/mol. The molecule has 0 bridgehead atoms. The van der Waals surface area contributed by atoms with Crippen molar-refractivity contribution in [2.45, 2.75) is 44.2 Å². The van der Waals surface area contributed by atoms with Gasteiger partial charge in [0.25, 0.3) is 0 Å². The number of alkyl carbamates (subject to hydrolysis) is 1. The zero-order valence-electron chi connectivity index (χ0n) is 20.1. The lowest BCUT2D eigenvalue weighted by molar-refractivity contribution is -0.148. The van der Waals surface area contributed by atoms with Crippen LogP contribution < -0.4 is 5.32 Å². The molecular formula is C27H32N2O6. The van der Waals surface area contributed by atoms with Crippen LogP contribution in [0.3, 0.4) is 0 Å². The maximum Gasteiger partial charge on any atom is 0.407 e. The molecule has 8 heteroatoms. The van der Waals surface area contributed by atoms with Gasteiger partial charge in [0, 0.05) is 38.6 Å². The minimum Gasteiger partial charge on any atom is -0.481 e. The number of nitrogens with one attached hydrogen (secondary N) is 1. The van der Waals surface area contributed by atoms with E-state index < -0.39 is 24.0 Å². The molecule has 4 rings (SSSR count). The lowest BCUT2D eigenvalue weighted by Gasteiger charge is -2.38. The average Bonchev–Trinajstić information content (AvgIpc) is 3.18. The number of carboxylic acids is 1. The molecule has 1 fully saturated rings. The number of piperidine rings is 1. The summed E-state index contributed by atoms with van der Waals surface area (Å²) in [6, 6.07) is 15.2. The molecule has 2 aromatic rings. The Morgan fingerprint density at radius 1 is 1.09 bits per heavy atom. The lowest BCUT2D eigenvalue weighted by atomic mass is 9.91. The summed E-state index contributed by atoms with van der Waals surface area (Å²) < 4.78 is 10.8. The number of hydrogen-bond donors (Lipinski definition) is 2. The number of carbonyl (C=O) groups excluding carboxylic acids is 2. The van der Waals surface area contributed by atoms with Crippen LogP contribution in [-0.2, 0) is 19.1 Å². The largest absolute Gasteiger partial charge is 0.481 e. The zero-order valence-corrected chi connectivity index (χ0v) is 20.1. The van der Waals surface area contributed by atoms with E-state index in [4.69, 9.17) is 9.47 Å². The summed E-state index contributed by atoms with van der Waals surface area (Å²) in [4.78, 5) is 39.0. The Kier molecular flexibility index (Phi) is 7.70. The normalized spacial score (nSPS) is 20.0. The van der Waals surface area contributed by atoms with Crippen LogP contribution in [0.2, 0.25) is 0 Å². The number of methoxy groups -OCH3 is 1. The van der Waals surface area contributed by atoms with E-state index in [-0.39, 0.29) is 24.5 Å². The van der Waals surface area contributed by atoms with E-state index in [9.17, 15) is 19.5 Å². The third kappa shape index (κ3) is 5.32. The van der Waals surface area contributed by atoms with Gasteiger partial charge in [-0.15, -0.1) is 0 Å². The van der Waals surface area contributed by atoms with Crippen LogP contribution in [-0.4, -0.2) is 66.9 Å². The Balaban J connectivity index is 1.40. The zero-order chi connectivity index (χ0) is 24.9. The quantitative estimate of drug-likeness (QED) is 0.598. The smallest absolute Gasteiger partial charge is 0.407 e. The molecule has 1 heterocycles. The number of hydrogen-bond acceptors (Lipinski definition) is 5. The van der Waals surface area contributed by atoms with Crippen LogP contribution in [0.4, 0.5) is 4.79 Å². The third-order valence-corrected chi connectivity index (χ3v) is 7.05. The first-order valence-corrected chi connectivity index (χ1v) is 12.0. The molecular weight excluding hydrogens is 448 g/mol. The highest BCUT2D eigenvalue weighted by molar-refractivity contribution is 5.86. The Morgan fingerprint density at radius 2 is 1.71 bits per heavy atom. The number of ether oxygens (including phenoxy) is 2. The minimum absolute atomic E-state index is 0.0728. The topological polar surface area (TPSA) is 105 Å². The first-order chi connectivity index (χ1) is 16.9. The molecule has 2 aromatic carbocycles. The predicted molar refractivity (Wildman–Crippen MR) is 130 cm³/mol. The maximum absolute atomic E-state index is 13.3. The van der Waals surface area contributed by atoms with Crippen molar-refractivity contribution in [3.05, 3.63) is 59.7 Å². The van der Waals surface area contributed by atoms with E-state index >= 15 is 0 Å². The fraction of sp³-hybridized carbons (Fsp3) is 0.444. The number of carboxylic acid groups (broad SMARTS) is 1. The SMILES string of the molecule is COCCC(NC(=O)OCC1c2ccccc2-c2ccccc21)C(=O)N1CC[C@H](C(=O)O)C[C@@H]1C. The summed E-state index contributed by atoms with van der Waals surface area (Å²) >= 11 is 0. The van der Waals surface area contributed by atoms with Gasteiger partial charge < -0.3 is 24.8 Å². The Hall–Kier alpha value is -3.39. The summed E-state index contributed by atoms with van der Waals surface area (Å²) in [7, 11) is 1.54. The number of rotatable bonds is 8. The van der Waals surface area contributed by atoms with Crippen molar-refractivity contribution in [1.82, 2.24) is 10.2 Å². The highest BCUT2D eigenvalue weighted by atomic mass is 16.5. The maximum atomic E-state index is 13.3. The molecule has 1 unspecified atom stereocenters. The van der Waals surface area contributed by atoms with Gasteiger partial charge in [0.1, 0.15) is 12.6 Å². The predicted octanol–water partition coefficient (Wildman–Crippen LogP) is 3.64. The Bertz CT molecular complexity index is 1040. The molecule has 186 valence electrons. The number of aliphatic carboxylic acids is 1. The van der Waals surface area contributed by atoms with Gasteiger partial charge in [-0.3, -0.25) is 9.59 Å². The van der Waals surface area contributed by atoms with Crippen LogP contribution in [0.5, 0.6) is 0 Å². The van der Waals surface area contributed by atoms with E-state index in [1.165, 1.54) is 7.11 Å². The number of amides is 2. The van der Waals surface area contributed by atoms with Gasteiger partial charge in [-0.2, -0.15) is 0 Å². The van der Waals surface area contributed by atoms with Gasteiger partial charge in [-0.05, 0) is 42.0 Å². The van der Waals surface area contributed by atoms with Gasteiger partial charge in [-0.25, -0.2) is 4.79 Å². The second-order valence-electron chi connectivity index (χ2n) is 9.24. The van der Waals surface area contributed by atoms with E-state index in [1.807, 2.05) is 43.3 Å². The second kappa shape index (κ2) is 10.9. The van der Waals surface area contributed by atoms with Gasteiger partial charge in [0.2, 0.25) is 5.91 Å². The second-order valence-corrected chi connectivity index (χ2v) is 9.24. The van der Waals surface area contributed by atoms with E-state index in [1.54, 1.807) is 4.90 Å². The summed E-state index contributed by atoms with van der Waals surface area (Å²) in [5.74, 6) is -1.61. The Labute approximate surface area is 205 Å². The first kappa shape index (κ1) is 24.7. The molecule has 0 aromatic heterocycles. The molecule has 1 aliphatic carbocycles. The Morgan fingerprint density at radius 3 is 2.29 bits per heavy atom. The van der Waals surface area contributed by atoms with E-state index in [0.29, 0.717) is 32.4 Å². The molecule has 0 radical (unpaired) electrons. The highest BCUT2D eigenvalue weighted by Gasteiger charge is 2.36. The van der Waals surface area contributed by atoms with Crippen LogP contribution in [0.15, 0.2) is 48.5 Å². The van der Waals surface area contributed by atoms with Crippen LogP contribution in [0.1, 0.15) is 43.2 Å². The fourth-order valence-corrected chi connectivity index (χ4v) is 5.20. The molecule has 1 saturated heterocycles. The number of fused-ring (bicyclic) bond motifs is 3. The van der Waals surface area contributed by atoms with Crippen molar-refractivity contribution in [3.8, 4) is 11.1 Å². The number of likely N-dealkylation sites (tertiary alicyclic amines) is 1. The fourth-order valence-electron chi connectivity index (χ4n) is 5.20. The standard InChI is InChI=1S/C27H32N2O6/c1-17-15-18(26(31)32)11-13-29(17)25(30)24(12-14-34-2)28-27(33)35-16-23-21-9-5-3-7-19(21)20-8-4-6-10-22(20)23/h3-10,17-18,23-24H,11-16H2,1-2H3,(H,28,33)(H,31,32)/t17-,18-,24?/m0/s1. The molecule has 2 amide bonds. The number of benzene rings is 2. The van der Waals surface area contributed by atoms with Gasteiger partial charge in [0.15, 0.2) is 0 Å². The summed E-state index contributed by atoms with van der Waals surface area (Å²) in [6.07, 6.45) is 0.427. The van der Waals surface area contributed by atoms with Crippen molar-refractivity contribution in [1.29, 1.82) is 0 Å². The molecule has 0 spiro atoms. The van der Waals surface area contributed by atoms with Crippen LogP contribution in [0.25, 0.3) is 11.1 Å². The first-order valence-electron chi connectivity index (χ1n) is 12.0. The van der Waals surface area contributed by atoms with Crippen molar-refractivity contribution in [2.75, 3.05) is 26.9 Å². The molecule has 3 atom stereocenters. The number of carbonyl (C=O) groups is 3. The lowest BCUT2D eigenvalue weighted by Crippen LogP contribution is -2.54. The van der Waals surface area contributed by atoms with Crippen molar-refractivity contribution in [2.24, 2.45) is 5.92 Å². The van der Waals surface area contributed by atoms with Crippen LogP contribution in [0, 0.1) is 5.92 Å². The minimum atomic E-state index is -0.836. The summed E-state index contributed by atoms with van der Waals surface area (Å²) in [5.41, 5.74) is 4.51. The molecule has 35 heavy (non-hydrogen) atoms. The number of nitrogens with zero attached hydrogens (tertiary/aromatic N) is 1.